The van der Waals surface area contributed by atoms with Crippen molar-refractivity contribution in [2.24, 2.45) is 5.73 Å². The van der Waals surface area contributed by atoms with Gasteiger partial charge in [-0.25, -0.2) is 4.39 Å². The van der Waals surface area contributed by atoms with Crippen molar-refractivity contribution >= 4 is 12.4 Å². The molecule has 0 fully saturated rings. The molecule has 0 saturated carbocycles. The number of halogens is 5. The Labute approximate surface area is 95.8 Å². The fourth-order valence-electron chi connectivity index (χ4n) is 1.16. The molecule has 0 radical (unpaired) electrons. The molecular weight excluding hydrogens is 250 g/mol. The Bertz CT molecular complexity index is 356. The van der Waals surface area contributed by atoms with Crippen molar-refractivity contribution in [1.82, 2.24) is 0 Å². The van der Waals surface area contributed by atoms with Crippen LogP contribution in [0.3, 0.4) is 0 Å². The number of hydrogen-bond acceptors (Lipinski definition) is 2. The van der Waals surface area contributed by atoms with E-state index < -0.39 is 29.3 Å². The maximum absolute atomic E-state index is 13.1. The standard InChI is InChI=1S/C9H9F4NO.ClH/c1-15-7-5(3-2-4-6(7)10)8(14)9(11,12)13;/h2-4,8H,14H2,1H3;1H/t8-;/m0./s1. The second-order valence-corrected chi connectivity index (χ2v) is 2.88. The van der Waals surface area contributed by atoms with Crippen LogP contribution in [0.15, 0.2) is 18.2 Å². The highest BCUT2D eigenvalue weighted by atomic mass is 35.5. The summed E-state index contributed by atoms with van der Waals surface area (Å²) in [6.45, 7) is 0. The minimum absolute atomic E-state index is 0. The van der Waals surface area contributed by atoms with Crippen molar-refractivity contribution in [3.05, 3.63) is 29.6 Å². The van der Waals surface area contributed by atoms with Crippen molar-refractivity contribution in [3.8, 4) is 5.75 Å². The fourth-order valence-corrected chi connectivity index (χ4v) is 1.16. The summed E-state index contributed by atoms with van der Waals surface area (Å²) in [7, 11) is 1.09. The van der Waals surface area contributed by atoms with E-state index in [1.165, 1.54) is 0 Å². The molecule has 0 aliphatic rings. The summed E-state index contributed by atoms with van der Waals surface area (Å²) in [4.78, 5) is 0. The van der Waals surface area contributed by atoms with E-state index in [-0.39, 0.29) is 12.4 Å². The topological polar surface area (TPSA) is 35.2 Å². The van der Waals surface area contributed by atoms with Crippen LogP contribution in [0.1, 0.15) is 11.6 Å². The number of alkyl halides is 3. The maximum Gasteiger partial charge on any atom is 0.407 e. The molecule has 92 valence electrons. The monoisotopic (exact) mass is 259 g/mol. The highest BCUT2D eigenvalue weighted by Gasteiger charge is 2.39. The summed E-state index contributed by atoms with van der Waals surface area (Å²) in [6.07, 6.45) is -4.62. The van der Waals surface area contributed by atoms with Crippen molar-refractivity contribution in [2.45, 2.75) is 12.2 Å². The molecule has 0 saturated heterocycles. The van der Waals surface area contributed by atoms with Gasteiger partial charge in [-0.05, 0) is 6.07 Å². The number of benzene rings is 1. The van der Waals surface area contributed by atoms with E-state index >= 15 is 0 Å². The summed E-state index contributed by atoms with van der Waals surface area (Å²) < 4.78 is 54.4. The minimum atomic E-state index is -4.62. The summed E-state index contributed by atoms with van der Waals surface area (Å²) in [5, 5.41) is 0. The van der Waals surface area contributed by atoms with E-state index in [0.717, 1.165) is 25.3 Å². The SMILES string of the molecule is COc1c(F)cccc1[C@H](N)C(F)(F)F.Cl. The average Bonchev–Trinajstić information content (AvgIpc) is 2.14. The molecule has 0 spiro atoms. The zero-order chi connectivity index (χ0) is 11.6. The largest absolute Gasteiger partial charge is 0.493 e. The Kier molecular flexibility index (Phi) is 5.02. The van der Waals surface area contributed by atoms with E-state index in [1.54, 1.807) is 0 Å². The normalized spacial score (nSPS) is 12.9. The average molecular weight is 260 g/mol. The van der Waals surface area contributed by atoms with Gasteiger partial charge < -0.3 is 10.5 Å². The third kappa shape index (κ3) is 2.99. The first-order chi connectivity index (χ1) is 6.88. The fraction of sp³-hybridized carbons (Fsp3) is 0.333. The number of methoxy groups -OCH3 is 1. The lowest BCUT2D eigenvalue weighted by atomic mass is 10.1. The smallest absolute Gasteiger partial charge is 0.407 e. The molecule has 1 aromatic carbocycles. The van der Waals surface area contributed by atoms with Crippen LogP contribution in [0.2, 0.25) is 0 Å². The maximum atomic E-state index is 13.1. The Morgan fingerprint density at radius 1 is 1.31 bits per heavy atom. The van der Waals surface area contributed by atoms with Crippen LogP contribution in [0, 0.1) is 5.82 Å². The van der Waals surface area contributed by atoms with Gasteiger partial charge in [0.25, 0.3) is 0 Å². The molecule has 0 aromatic heterocycles. The Morgan fingerprint density at radius 3 is 2.31 bits per heavy atom. The first-order valence-corrected chi connectivity index (χ1v) is 4.02. The van der Waals surface area contributed by atoms with E-state index in [0.29, 0.717) is 0 Å². The van der Waals surface area contributed by atoms with Gasteiger partial charge in [-0.3, -0.25) is 0 Å². The number of nitrogens with two attached hydrogens (primary N) is 1. The van der Waals surface area contributed by atoms with Gasteiger partial charge in [0.2, 0.25) is 0 Å². The van der Waals surface area contributed by atoms with Gasteiger partial charge in [-0.1, -0.05) is 12.1 Å². The van der Waals surface area contributed by atoms with Gasteiger partial charge in [0.15, 0.2) is 11.6 Å². The lowest BCUT2D eigenvalue weighted by molar-refractivity contribution is -0.149. The van der Waals surface area contributed by atoms with Gasteiger partial charge in [0.1, 0.15) is 6.04 Å². The second-order valence-electron chi connectivity index (χ2n) is 2.88. The van der Waals surface area contributed by atoms with Gasteiger partial charge >= 0.3 is 6.18 Å². The van der Waals surface area contributed by atoms with Gasteiger partial charge in [-0.15, -0.1) is 12.4 Å². The highest BCUT2D eigenvalue weighted by molar-refractivity contribution is 5.85. The van der Waals surface area contributed by atoms with Gasteiger partial charge in [-0.2, -0.15) is 13.2 Å². The molecule has 0 aliphatic carbocycles. The number of ether oxygens (including phenoxy) is 1. The Hall–Kier alpha value is -1.01. The highest BCUT2D eigenvalue weighted by Crippen LogP contribution is 2.36. The lowest BCUT2D eigenvalue weighted by Gasteiger charge is -2.18. The van der Waals surface area contributed by atoms with Crippen LogP contribution in [-0.4, -0.2) is 13.3 Å². The van der Waals surface area contributed by atoms with Gasteiger partial charge in [0.05, 0.1) is 7.11 Å². The molecular formula is C9H10ClF4NO. The second kappa shape index (κ2) is 5.36. The summed E-state index contributed by atoms with van der Waals surface area (Å²) in [5.41, 5.74) is 4.53. The summed E-state index contributed by atoms with van der Waals surface area (Å²) in [6, 6.07) is 0.993. The molecule has 7 heteroatoms. The summed E-state index contributed by atoms with van der Waals surface area (Å²) in [5.74, 6) is -1.34. The quantitative estimate of drug-likeness (QED) is 0.829. The number of rotatable bonds is 2. The van der Waals surface area contributed by atoms with E-state index in [4.69, 9.17) is 5.73 Å². The molecule has 2 N–H and O–H groups in total. The molecule has 0 heterocycles. The third-order valence-corrected chi connectivity index (χ3v) is 1.89. The van der Waals surface area contributed by atoms with Crippen molar-refractivity contribution in [2.75, 3.05) is 7.11 Å². The zero-order valence-electron chi connectivity index (χ0n) is 8.22. The first kappa shape index (κ1) is 15.0. The van der Waals surface area contributed by atoms with Crippen LogP contribution in [-0.2, 0) is 0 Å². The number of hydrogen-bond donors (Lipinski definition) is 1. The van der Waals surface area contributed by atoms with E-state index in [9.17, 15) is 17.6 Å². The van der Waals surface area contributed by atoms with Crippen LogP contribution < -0.4 is 10.5 Å². The molecule has 0 aliphatic heterocycles. The molecule has 16 heavy (non-hydrogen) atoms. The van der Waals surface area contributed by atoms with Crippen molar-refractivity contribution in [1.29, 1.82) is 0 Å². The lowest BCUT2D eigenvalue weighted by Crippen LogP contribution is -2.29. The van der Waals surface area contributed by atoms with Crippen molar-refractivity contribution < 1.29 is 22.3 Å². The van der Waals surface area contributed by atoms with Crippen LogP contribution in [0.5, 0.6) is 5.75 Å². The molecule has 0 amide bonds. The Balaban J connectivity index is 0.00000225. The van der Waals surface area contributed by atoms with Crippen LogP contribution in [0.4, 0.5) is 17.6 Å². The molecule has 0 unspecified atom stereocenters. The molecule has 1 rings (SSSR count). The third-order valence-electron chi connectivity index (χ3n) is 1.89. The zero-order valence-corrected chi connectivity index (χ0v) is 9.03. The molecule has 1 aromatic rings. The minimum Gasteiger partial charge on any atom is -0.493 e. The van der Waals surface area contributed by atoms with Crippen LogP contribution in [0.25, 0.3) is 0 Å². The van der Waals surface area contributed by atoms with E-state index in [2.05, 4.69) is 4.74 Å². The first-order valence-electron chi connectivity index (χ1n) is 4.02. The molecule has 0 bridgehead atoms. The summed E-state index contributed by atoms with van der Waals surface area (Å²) >= 11 is 0. The predicted octanol–water partition coefficient (Wildman–Crippen LogP) is 2.82. The Morgan fingerprint density at radius 2 is 1.88 bits per heavy atom. The predicted molar refractivity (Wildman–Crippen MR) is 53.2 cm³/mol. The number of para-hydroxylation sites is 1. The van der Waals surface area contributed by atoms with Gasteiger partial charge in [0, 0.05) is 5.56 Å². The van der Waals surface area contributed by atoms with Crippen molar-refractivity contribution in [3.63, 3.8) is 0 Å². The van der Waals surface area contributed by atoms with E-state index in [1.807, 2.05) is 0 Å². The van der Waals surface area contributed by atoms with Crippen LogP contribution >= 0.6 is 12.4 Å². The molecule has 1 atom stereocenters. The molecule has 2 nitrogen and oxygen atoms in total.